The van der Waals surface area contributed by atoms with E-state index in [1.54, 1.807) is 6.07 Å². The molecule has 0 radical (unpaired) electrons. The molecule has 1 atom stereocenters. The first-order chi connectivity index (χ1) is 16.0. The number of aromatic amines is 1. The standard InChI is InChI=1S/C22H24ClFN6O3/c23-16-8-14(3-4-17(16)24)33-12-19-29-21-15(22(32)30-19)5-7-27-18(21)10-26-11-20(31)28-13-2-1-6-25-9-13/h3-5,7-8,13,25-26H,1-2,6,9-12H2,(H,28,31)(H,29,30,32)/t13-/m0/s1. The fourth-order valence-corrected chi connectivity index (χ4v) is 3.80. The van der Waals surface area contributed by atoms with Crippen LogP contribution in [0, 0.1) is 5.82 Å². The van der Waals surface area contributed by atoms with Gasteiger partial charge in [0.25, 0.3) is 5.56 Å². The summed E-state index contributed by atoms with van der Waals surface area (Å²) in [5, 5.41) is 9.64. The molecule has 1 aliphatic heterocycles. The second kappa shape index (κ2) is 10.7. The highest BCUT2D eigenvalue weighted by atomic mass is 35.5. The van der Waals surface area contributed by atoms with Gasteiger partial charge < -0.3 is 25.7 Å². The van der Waals surface area contributed by atoms with E-state index in [9.17, 15) is 14.0 Å². The molecule has 0 bridgehead atoms. The molecule has 1 saturated heterocycles. The molecule has 3 aromatic rings. The van der Waals surface area contributed by atoms with Crippen molar-refractivity contribution >= 4 is 28.4 Å². The predicted molar refractivity (Wildman–Crippen MR) is 122 cm³/mol. The highest BCUT2D eigenvalue weighted by Crippen LogP contribution is 2.21. The van der Waals surface area contributed by atoms with E-state index in [1.165, 1.54) is 24.4 Å². The van der Waals surface area contributed by atoms with Crippen LogP contribution in [0.4, 0.5) is 4.39 Å². The smallest absolute Gasteiger partial charge is 0.258 e. The van der Waals surface area contributed by atoms with E-state index in [-0.39, 0.29) is 48.1 Å². The number of hydrogen-bond donors (Lipinski definition) is 4. The number of H-pyrrole nitrogens is 1. The number of carbonyl (C=O) groups excluding carboxylic acids is 1. The monoisotopic (exact) mass is 474 g/mol. The molecule has 0 aliphatic carbocycles. The first kappa shape index (κ1) is 23.1. The minimum absolute atomic E-state index is 0.0489. The highest BCUT2D eigenvalue weighted by Gasteiger charge is 2.15. The molecule has 4 rings (SSSR count). The Hall–Kier alpha value is -3.08. The maximum absolute atomic E-state index is 13.3. The Kier molecular flexibility index (Phi) is 7.48. The lowest BCUT2D eigenvalue weighted by molar-refractivity contribution is -0.121. The lowest BCUT2D eigenvalue weighted by Gasteiger charge is -2.23. The van der Waals surface area contributed by atoms with Crippen molar-refractivity contribution in [1.82, 2.24) is 30.9 Å². The predicted octanol–water partition coefficient (Wildman–Crippen LogP) is 1.65. The summed E-state index contributed by atoms with van der Waals surface area (Å²) >= 11 is 5.77. The van der Waals surface area contributed by atoms with Crippen LogP contribution in [0.15, 0.2) is 35.3 Å². The normalized spacial score (nSPS) is 16.0. The van der Waals surface area contributed by atoms with Gasteiger partial charge in [-0.15, -0.1) is 0 Å². The van der Waals surface area contributed by atoms with Crippen molar-refractivity contribution in [3.63, 3.8) is 0 Å². The number of hydrogen-bond acceptors (Lipinski definition) is 7. The van der Waals surface area contributed by atoms with Crippen LogP contribution in [0.25, 0.3) is 10.9 Å². The van der Waals surface area contributed by atoms with Crippen molar-refractivity contribution in [3.05, 3.63) is 63.2 Å². The molecule has 174 valence electrons. The molecule has 33 heavy (non-hydrogen) atoms. The van der Waals surface area contributed by atoms with Crippen molar-refractivity contribution in [2.45, 2.75) is 32.0 Å². The van der Waals surface area contributed by atoms with E-state index < -0.39 is 5.82 Å². The number of amides is 1. The van der Waals surface area contributed by atoms with Gasteiger partial charge in [-0.2, -0.15) is 0 Å². The fraction of sp³-hybridized carbons (Fsp3) is 0.364. The summed E-state index contributed by atoms with van der Waals surface area (Å²) in [5.41, 5.74) is 0.625. The van der Waals surface area contributed by atoms with Gasteiger partial charge in [0.15, 0.2) is 0 Å². The Balaban J connectivity index is 1.41. The van der Waals surface area contributed by atoms with Gasteiger partial charge in [-0.1, -0.05) is 11.6 Å². The molecule has 1 aliphatic rings. The summed E-state index contributed by atoms with van der Waals surface area (Å²) in [4.78, 5) is 36.2. The second-order valence-corrected chi connectivity index (χ2v) is 8.15. The lowest BCUT2D eigenvalue weighted by atomic mass is 10.1. The van der Waals surface area contributed by atoms with Gasteiger partial charge in [0.1, 0.15) is 29.5 Å². The van der Waals surface area contributed by atoms with E-state index in [2.05, 4.69) is 30.9 Å². The van der Waals surface area contributed by atoms with Crippen LogP contribution >= 0.6 is 11.6 Å². The molecule has 11 heteroatoms. The number of carbonyl (C=O) groups is 1. The number of halogens is 2. The second-order valence-electron chi connectivity index (χ2n) is 7.75. The Bertz CT molecular complexity index is 1200. The zero-order valence-corrected chi connectivity index (χ0v) is 18.5. The van der Waals surface area contributed by atoms with Crippen LogP contribution in [0.3, 0.4) is 0 Å². The van der Waals surface area contributed by atoms with E-state index in [0.29, 0.717) is 22.3 Å². The fourth-order valence-electron chi connectivity index (χ4n) is 3.63. The minimum Gasteiger partial charge on any atom is -0.486 e. The Morgan fingerprint density at radius 1 is 1.33 bits per heavy atom. The van der Waals surface area contributed by atoms with Gasteiger partial charge in [0.05, 0.1) is 22.6 Å². The number of nitrogens with one attached hydrogen (secondary N) is 4. The molecule has 3 heterocycles. The van der Waals surface area contributed by atoms with Crippen molar-refractivity contribution in [3.8, 4) is 5.75 Å². The van der Waals surface area contributed by atoms with Crippen molar-refractivity contribution in [2.75, 3.05) is 19.6 Å². The summed E-state index contributed by atoms with van der Waals surface area (Å²) in [6.07, 6.45) is 3.53. The Morgan fingerprint density at radius 2 is 2.21 bits per heavy atom. The number of pyridine rings is 1. The van der Waals surface area contributed by atoms with Gasteiger partial charge in [-0.3, -0.25) is 14.6 Å². The van der Waals surface area contributed by atoms with Gasteiger partial charge in [-0.05, 0) is 37.6 Å². The number of rotatable bonds is 8. The number of nitrogens with zero attached hydrogens (tertiary/aromatic N) is 2. The zero-order valence-electron chi connectivity index (χ0n) is 17.8. The molecule has 9 nitrogen and oxygen atoms in total. The average molecular weight is 475 g/mol. The molecular formula is C22H24ClFN6O3. The minimum atomic E-state index is -0.548. The molecule has 0 spiro atoms. The summed E-state index contributed by atoms with van der Waals surface area (Å²) < 4.78 is 18.9. The summed E-state index contributed by atoms with van der Waals surface area (Å²) in [6, 6.07) is 5.70. The van der Waals surface area contributed by atoms with E-state index in [1.807, 2.05) is 0 Å². The third kappa shape index (κ3) is 6.04. The average Bonchev–Trinajstić information content (AvgIpc) is 2.81. The Labute approximate surface area is 194 Å². The van der Waals surface area contributed by atoms with Gasteiger partial charge in [0, 0.05) is 31.4 Å². The van der Waals surface area contributed by atoms with Crippen LogP contribution < -0.4 is 26.2 Å². The zero-order chi connectivity index (χ0) is 23.2. The molecule has 1 aromatic carbocycles. The van der Waals surface area contributed by atoms with Crippen LogP contribution in [-0.2, 0) is 17.9 Å². The van der Waals surface area contributed by atoms with E-state index in [0.717, 1.165) is 25.9 Å². The number of aromatic nitrogens is 3. The van der Waals surface area contributed by atoms with Crippen LogP contribution in [0.5, 0.6) is 5.75 Å². The third-order valence-corrected chi connectivity index (χ3v) is 5.55. The molecule has 4 N–H and O–H groups in total. The van der Waals surface area contributed by atoms with Crippen LogP contribution in [0.1, 0.15) is 24.4 Å². The lowest BCUT2D eigenvalue weighted by Crippen LogP contribution is -2.47. The summed E-state index contributed by atoms with van der Waals surface area (Å²) in [6.45, 7) is 2.09. The molecular weight excluding hydrogens is 451 g/mol. The topological polar surface area (TPSA) is 121 Å². The summed E-state index contributed by atoms with van der Waals surface area (Å²) in [5.74, 6) is -0.0171. The largest absolute Gasteiger partial charge is 0.486 e. The van der Waals surface area contributed by atoms with Crippen molar-refractivity contribution in [2.24, 2.45) is 0 Å². The Morgan fingerprint density at radius 3 is 3.00 bits per heavy atom. The van der Waals surface area contributed by atoms with Gasteiger partial charge in [0.2, 0.25) is 5.91 Å². The molecule has 1 fully saturated rings. The maximum Gasteiger partial charge on any atom is 0.258 e. The molecule has 0 saturated carbocycles. The van der Waals surface area contributed by atoms with E-state index >= 15 is 0 Å². The van der Waals surface area contributed by atoms with Crippen molar-refractivity contribution < 1.29 is 13.9 Å². The SMILES string of the molecule is O=C(CNCc1nccc2c(=O)[nH]c(COc3ccc(F)c(Cl)c3)nc12)N[C@H]1CCCNC1. The number of benzene rings is 1. The van der Waals surface area contributed by atoms with Gasteiger partial charge >= 0.3 is 0 Å². The first-order valence-corrected chi connectivity index (χ1v) is 11.0. The first-order valence-electron chi connectivity index (χ1n) is 10.6. The van der Waals surface area contributed by atoms with Crippen molar-refractivity contribution in [1.29, 1.82) is 0 Å². The van der Waals surface area contributed by atoms with Crippen LogP contribution in [0.2, 0.25) is 5.02 Å². The quantitative estimate of drug-likeness (QED) is 0.391. The molecule has 2 aromatic heterocycles. The maximum atomic E-state index is 13.3. The number of fused-ring (bicyclic) bond motifs is 1. The summed E-state index contributed by atoms with van der Waals surface area (Å²) in [7, 11) is 0. The van der Waals surface area contributed by atoms with Gasteiger partial charge in [-0.25, -0.2) is 9.37 Å². The molecule has 1 amide bonds. The number of piperidine rings is 1. The third-order valence-electron chi connectivity index (χ3n) is 5.26. The molecule has 0 unspecified atom stereocenters. The van der Waals surface area contributed by atoms with E-state index in [4.69, 9.17) is 16.3 Å². The number of ether oxygens (including phenoxy) is 1. The highest BCUT2D eigenvalue weighted by molar-refractivity contribution is 6.30. The van der Waals surface area contributed by atoms with Crippen LogP contribution in [-0.4, -0.2) is 46.5 Å².